The third kappa shape index (κ3) is 3.62. The Hall–Kier alpha value is -4.02. The lowest BCUT2D eigenvalue weighted by atomic mass is 10.1. The molecule has 0 saturated heterocycles. The van der Waals surface area contributed by atoms with E-state index in [-0.39, 0.29) is 5.13 Å². The van der Waals surface area contributed by atoms with Crippen LogP contribution in [-0.2, 0) is 6.54 Å². The van der Waals surface area contributed by atoms with E-state index in [9.17, 15) is 4.39 Å². The number of H-pyrrole nitrogens is 2. The van der Waals surface area contributed by atoms with Crippen molar-refractivity contribution in [2.45, 2.75) is 6.54 Å². The smallest absolute Gasteiger partial charge is 0.177 e. The number of aromatic nitrogens is 7. The van der Waals surface area contributed by atoms with E-state index in [4.69, 9.17) is 4.98 Å². The fourth-order valence-electron chi connectivity index (χ4n) is 4.00. The third-order valence-electron chi connectivity index (χ3n) is 5.47. The number of fused-ring (bicyclic) bond motifs is 2. The molecule has 0 saturated carbocycles. The molecule has 0 aromatic carbocycles. The van der Waals surface area contributed by atoms with E-state index in [2.05, 4.69) is 41.1 Å². The minimum absolute atomic E-state index is 0.257. The van der Waals surface area contributed by atoms with E-state index in [1.165, 1.54) is 6.07 Å². The number of nitrogens with zero attached hydrogens (tertiary/aromatic N) is 6. The quantitative estimate of drug-likeness (QED) is 0.372. The zero-order valence-electron chi connectivity index (χ0n) is 18.4. The molecule has 0 bridgehead atoms. The van der Waals surface area contributed by atoms with Gasteiger partial charge >= 0.3 is 0 Å². The van der Waals surface area contributed by atoms with Crippen molar-refractivity contribution in [1.29, 1.82) is 0 Å². The molecule has 10 heteroatoms. The minimum atomic E-state index is -0.257. The van der Waals surface area contributed by atoms with Gasteiger partial charge in [0, 0.05) is 36.1 Å². The maximum absolute atomic E-state index is 13.6. The molecule has 0 aliphatic carbocycles. The van der Waals surface area contributed by atoms with Crippen molar-refractivity contribution in [3.63, 3.8) is 0 Å². The normalized spacial score (nSPS) is 11.8. The Labute approximate surface area is 197 Å². The summed E-state index contributed by atoms with van der Waals surface area (Å²) in [5.41, 5.74) is 6.44. The second-order valence-electron chi connectivity index (χ2n) is 8.25. The first kappa shape index (κ1) is 20.6. The van der Waals surface area contributed by atoms with Gasteiger partial charge in [0.25, 0.3) is 0 Å². The van der Waals surface area contributed by atoms with Gasteiger partial charge in [-0.05, 0) is 50.0 Å². The van der Waals surface area contributed by atoms with Crippen molar-refractivity contribution < 1.29 is 4.39 Å². The molecule has 6 aromatic heterocycles. The number of hydrogen-bond acceptors (Lipinski definition) is 7. The molecule has 0 fully saturated rings. The predicted octanol–water partition coefficient (Wildman–Crippen LogP) is 4.89. The molecule has 168 valence electrons. The Morgan fingerprint density at radius 1 is 1.00 bits per heavy atom. The van der Waals surface area contributed by atoms with Crippen LogP contribution in [0.4, 0.5) is 4.39 Å². The van der Waals surface area contributed by atoms with Gasteiger partial charge in [-0.25, -0.2) is 4.98 Å². The SMILES string of the molecule is CN(C)Cc1cncc(-c2cc3c(-c4nc5c(-c6ccc(F)s6)nccc5[nH]4)n[nH]c3cn2)c1. The van der Waals surface area contributed by atoms with Crippen LogP contribution in [0.1, 0.15) is 5.56 Å². The average molecular weight is 471 g/mol. The van der Waals surface area contributed by atoms with Crippen LogP contribution in [-0.4, -0.2) is 54.1 Å². The summed E-state index contributed by atoms with van der Waals surface area (Å²) >= 11 is 1.05. The van der Waals surface area contributed by atoms with Gasteiger partial charge in [-0.2, -0.15) is 9.49 Å². The van der Waals surface area contributed by atoms with Crippen LogP contribution in [0, 0.1) is 5.13 Å². The topological polar surface area (TPSA) is 99.3 Å². The molecule has 6 aromatic rings. The molecule has 8 nitrogen and oxygen atoms in total. The van der Waals surface area contributed by atoms with Crippen LogP contribution < -0.4 is 0 Å². The Kier molecular flexibility index (Phi) is 4.89. The molecule has 6 rings (SSSR count). The number of nitrogens with one attached hydrogen (secondary N) is 2. The number of pyridine rings is 3. The summed E-state index contributed by atoms with van der Waals surface area (Å²) in [5, 5.41) is 8.17. The second kappa shape index (κ2) is 8.08. The maximum atomic E-state index is 13.6. The van der Waals surface area contributed by atoms with Crippen LogP contribution in [0.5, 0.6) is 0 Å². The highest BCUT2D eigenvalue weighted by Crippen LogP contribution is 2.33. The van der Waals surface area contributed by atoms with Crippen LogP contribution >= 0.6 is 11.3 Å². The zero-order valence-corrected chi connectivity index (χ0v) is 19.2. The first-order valence-electron chi connectivity index (χ1n) is 10.6. The van der Waals surface area contributed by atoms with Gasteiger partial charge < -0.3 is 9.88 Å². The number of thiophene rings is 1. The molecule has 0 aliphatic heterocycles. The van der Waals surface area contributed by atoms with E-state index in [1.807, 2.05) is 38.6 Å². The number of halogens is 1. The lowest BCUT2D eigenvalue weighted by Gasteiger charge is -2.10. The third-order valence-corrected chi connectivity index (χ3v) is 6.35. The van der Waals surface area contributed by atoms with E-state index in [0.717, 1.165) is 56.0 Å². The van der Waals surface area contributed by atoms with Crippen molar-refractivity contribution in [2.75, 3.05) is 14.1 Å². The molecule has 0 radical (unpaired) electrons. The summed E-state index contributed by atoms with van der Waals surface area (Å²) in [6.07, 6.45) is 7.14. The molecular formula is C24H19FN8S. The molecule has 34 heavy (non-hydrogen) atoms. The fourth-order valence-corrected chi connectivity index (χ4v) is 4.73. The van der Waals surface area contributed by atoms with Crippen LogP contribution in [0.15, 0.2) is 55.1 Å². The van der Waals surface area contributed by atoms with Crippen molar-refractivity contribution in [3.8, 4) is 33.3 Å². The Bertz CT molecular complexity index is 1650. The maximum Gasteiger partial charge on any atom is 0.177 e. The highest BCUT2D eigenvalue weighted by Gasteiger charge is 2.17. The fraction of sp³-hybridized carbons (Fsp3) is 0.125. The van der Waals surface area contributed by atoms with Crippen LogP contribution in [0.25, 0.3) is 55.3 Å². The van der Waals surface area contributed by atoms with Crippen LogP contribution in [0.3, 0.4) is 0 Å². The summed E-state index contributed by atoms with van der Waals surface area (Å²) in [5.74, 6) is 0.601. The zero-order chi connectivity index (χ0) is 23.2. The summed E-state index contributed by atoms with van der Waals surface area (Å²) < 4.78 is 13.6. The van der Waals surface area contributed by atoms with Gasteiger partial charge in [-0.15, -0.1) is 11.3 Å². The van der Waals surface area contributed by atoms with E-state index in [1.54, 1.807) is 18.5 Å². The Morgan fingerprint density at radius 3 is 2.74 bits per heavy atom. The predicted molar refractivity (Wildman–Crippen MR) is 131 cm³/mol. The van der Waals surface area contributed by atoms with Gasteiger partial charge in [-0.3, -0.25) is 20.1 Å². The van der Waals surface area contributed by atoms with E-state index in [0.29, 0.717) is 22.7 Å². The number of rotatable bonds is 5. The molecule has 0 atom stereocenters. The molecule has 0 aliphatic rings. The molecule has 0 amide bonds. The van der Waals surface area contributed by atoms with Gasteiger partial charge in [0.05, 0.1) is 27.8 Å². The van der Waals surface area contributed by atoms with Crippen molar-refractivity contribution in [1.82, 2.24) is 40.0 Å². The molecule has 0 unspecified atom stereocenters. The lowest BCUT2D eigenvalue weighted by Crippen LogP contribution is -2.10. The molecular weight excluding hydrogens is 451 g/mol. The number of imidazole rings is 1. The molecule has 6 heterocycles. The van der Waals surface area contributed by atoms with E-state index >= 15 is 0 Å². The molecule has 2 N–H and O–H groups in total. The lowest BCUT2D eigenvalue weighted by molar-refractivity contribution is 0.402. The number of aromatic amines is 2. The van der Waals surface area contributed by atoms with Gasteiger partial charge in [0.15, 0.2) is 11.0 Å². The summed E-state index contributed by atoms with van der Waals surface area (Å²) in [4.78, 5) is 24.4. The van der Waals surface area contributed by atoms with Crippen molar-refractivity contribution >= 4 is 33.3 Å². The first-order valence-corrected chi connectivity index (χ1v) is 11.4. The minimum Gasteiger partial charge on any atom is -0.336 e. The van der Waals surface area contributed by atoms with Crippen molar-refractivity contribution in [3.05, 3.63) is 65.8 Å². The average Bonchev–Trinajstić information content (AvgIpc) is 3.55. The second-order valence-corrected chi connectivity index (χ2v) is 9.29. The molecule has 0 spiro atoms. The summed E-state index contributed by atoms with van der Waals surface area (Å²) in [6.45, 7) is 0.795. The highest BCUT2D eigenvalue weighted by molar-refractivity contribution is 7.13. The van der Waals surface area contributed by atoms with Crippen LogP contribution in [0.2, 0.25) is 0 Å². The van der Waals surface area contributed by atoms with Gasteiger partial charge in [0.1, 0.15) is 16.9 Å². The standard InChI is InChI=1S/C24H19FN8S/c1-33(2)12-13-7-14(10-26-9-13)17-8-15-18(11-28-17)31-32-21(15)24-29-16-5-6-27-23(22(16)30-24)19-3-4-20(25)34-19/h3-11H,12H2,1-2H3,(H,29,30)(H,31,32). The summed E-state index contributed by atoms with van der Waals surface area (Å²) in [7, 11) is 4.05. The largest absolute Gasteiger partial charge is 0.336 e. The first-order chi connectivity index (χ1) is 16.5. The van der Waals surface area contributed by atoms with Gasteiger partial charge in [0.2, 0.25) is 0 Å². The number of hydrogen-bond donors (Lipinski definition) is 2. The van der Waals surface area contributed by atoms with Gasteiger partial charge in [-0.1, -0.05) is 0 Å². The highest BCUT2D eigenvalue weighted by atomic mass is 32.1. The Balaban J connectivity index is 1.45. The monoisotopic (exact) mass is 470 g/mol. The Morgan fingerprint density at radius 2 is 1.91 bits per heavy atom. The summed E-state index contributed by atoms with van der Waals surface area (Å²) in [6, 6.07) is 9.09. The van der Waals surface area contributed by atoms with Crippen molar-refractivity contribution in [2.24, 2.45) is 0 Å². The van der Waals surface area contributed by atoms with E-state index < -0.39 is 0 Å².